The molecule has 0 aliphatic heterocycles. The Hall–Kier alpha value is 0.578. The van der Waals surface area contributed by atoms with Gasteiger partial charge in [-0.05, 0) is 0 Å². The molecule has 0 aromatic heterocycles. The van der Waals surface area contributed by atoms with Crippen molar-refractivity contribution < 1.29 is 24.0 Å². The summed E-state index contributed by atoms with van der Waals surface area (Å²) in [5, 5.41) is 0. The van der Waals surface area contributed by atoms with E-state index in [2.05, 4.69) is 6.58 Å². The molecule has 0 saturated carbocycles. The van der Waals surface area contributed by atoms with Crippen molar-refractivity contribution in [1.82, 2.24) is 0 Å². The molecule has 0 amide bonds. The van der Waals surface area contributed by atoms with Gasteiger partial charge in [0.15, 0.2) is 0 Å². The fourth-order valence-electron chi connectivity index (χ4n) is 0.187. The topological polar surface area (TPSA) is 9.23 Å². The molecule has 0 atom stereocenters. The molecular formula is C4H9OPtS. The van der Waals surface area contributed by atoms with Crippen LogP contribution in [0.1, 0.15) is 0 Å². The zero-order chi connectivity index (χ0) is 5.86. The minimum atomic E-state index is -0.246. The van der Waals surface area contributed by atoms with Gasteiger partial charge in [-0.2, -0.15) is 0 Å². The summed E-state index contributed by atoms with van der Waals surface area (Å²) in [5.74, 6) is 0. The molecule has 47 valence electrons. The number of hydrogen-bond acceptors (Lipinski definition) is 1. The number of rotatable bonds is 2. The van der Waals surface area contributed by atoms with Crippen molar-refractivity contribution in [2.24, 2.45) is 0 Å². The van der Waals surface area contributed by atoms with Gasteiger partial charge in [-0.1, -0.05) is 0 Å². The van der Waals surface area contributed by atoms with E-state index in [1.165, 1.54) is 0 Å². The van der Waals surface area contributed by atoms with Crippen LogP contribution in [0.5, 0.6) is 0 Å². The van der Waals surface area contributed by atoms with Crippen LogP contribution in [0.3, 0.4) is 0 Å². The minimum absolute atomic E-state index is 0.246. The van der Waals surface area contributed by atoms with Gasteiger partial charge in [-0.15, -0.1) is 0 Å². The molecule has 0 N–H and O–H groups in total. The van der Waals surface area contributed by atoms with Crippen molar-refractivity contribution in [3.05, 3.63) is 10.7 Å². The fraction of sp³-hybridized carbons (Fsp3) is 0.500. The van der Waals surface area contributed by atoms with Crippen molar-refractivity contribution in [3.8, 4) is 0 Å². The quantitative estimate of drug-likeness (QED) is 0.595. The Balaban J connectivity index is 3.13. The van der Waals surface area contributed by atoms with E-state index in [-0.39, 0.29) is 11.2 Å². The number of thiol groups is 1. The molecule has 7 heavy (non-hydrogen) atoms. The van der Waals surface area contributed by atoms with Gasteiger partial charge in [-0.3, -0.25) is 0 Å². The van der Waals surface area contributed by atoms with Gasteiger partial charge >= 0.3 is 58.4 Å². The van der Waals surface area contributed by atoms with E-state index in [1.54, 1.807) is 0 Å². The van der Waals surface area contributed by atoms with Crippen LogP contribution in [0.4, 0.5) is 0 Å². The first-order valence-corrected chi connectivity index (χ1v) is 5.08. The Bertz CT molecular complexity index is 72.1. The predicted octanol–water partition coefficient (Wildman–Crippen LogP) is 1.20. The van der Waals surface area contributed by atoms with Gasteiger partial charge in [0, 0.05) is 0 Å². The Labute approximate surface area is 58.6 Å². The van der Waals surface area contributed by atoms with Crippen molar-refractivity contribution >= 4 is 11.2 Å². The predicted molar refractivity (Wildman–Crippen MR) is 31.1 cm³/mol. The summed E-state index contributed by atoms with van der Waals surface area (Å²) in [4.78, 5) is 0. The molecule has 1 nitrogen and oxygen atoms in total. The summed E-state index contributed by atoms with van der Waals surface area (Å²) < 4.78 is 5.90. The molecule has 0 rings (SSSR count). The Morgan fingerprint density at radius 2 is 2.14 bits per heavy atom. The summed E-state index contributed by atoms with van der Waals surface area (Å²) in [6, 6.07) is 0. The Kier molecular flexibility index (Phi) is 3.86. The number of hydrogen-bond donors (Lipinski definition) is 1. The van der Waals surface area contributed by atoms with Gasteiger partial charge in [-0.25, -0.2) is 0 Å². The molecule has 0 aromatic rings. The van der Waals surface area contributed by atoms with E-state index in [1.807, 2.05) is 32.3 Å². The Morgan fingerprint density at radius 1 is 1.71 bits per heavy atom. The molecule has 0 fully saturated rings. The normalized spacial score (nSPS) is 10.6. The fourth-order valence-corrected chi connectivity index (χ4v) is 1.81. The summed E-state index contributed by atoms with van der Waals surface area (Å²) in [5.41, 5.74) is 0. The van der Waals surface area contributed by atoms with Gasteiger partial charge in [0.2, 0.25) is 0 Å². The third-order valence-corrected chi connectivity index (χ3v) is 1.45. The molecule has 0 aromatic carbocycles. The second-order valence-corrected chi connectivity index (χ2v) is 4.30. The van der Waals surface area contributed by atoms with Crippen LogP contribution < -0.4 is 0 Å². The van der Waals surface area contributed by atoms with Gasteiger partial charge in [0.1, 0.15) is 0 Å². The standard InChI is InChI=1S/C4H9OS.Pt/c1-4-5-6(2)3;/h6H,1H2,2-3H3;. The zero-order valence-electron chi connectivity index (χ0n) is 4.38. The van der Waals surface area contributed by atoms with E-state index >= 15 is 0 Å². The summed E-state index contributed by atoms with van der Waals surface area (Å²) in [7, 11) is 0. The zero-order valence-corrected chi connectivity index (χ0v) is 7.55. The SMILES string of the molecule is C=[C]([Pt])O[SH](C)C. The maximum absolute atomic E-state index is 5.11. The van der Waals surface area contributed by atoms with E-state index in [0.717, 1.165) is 4.15 Å². The van der Waals surface area contributed by atoms with Crippen LogP contribution in [0.2, 0.25) is 0 Å². The first-order valence-electron chi connectivity index (χ1n) is 1.79. The van der Waals surface area contributed by atoms with E-state index < -0.39 is 0 Å². The van der Waals surface area contributed by atoms with Gasteiger partial charge in [0.25, 0.3) is 0 Å². The molecule has 0 aliphatic carbocycles. The second kappa shape index (κ2) is 3.56. The molecular weight excluding hydrogens is 291 g/mol. The molecule has 3 heteroatoms. The third-order valence-electron chi connectivity index (χ3n) is 0.276. The van der Waals surface area contributed by atoms with Crippen molar-refractivity contribution in [3.63, 3.8) is 0 Å². The molecule has 0 bridgehead atoms. The monoisotopic (exact) mass is 300 g/mol. The van der Waals surface area contributed by atoms with Crippen LogP contribution in [-0.2, 0) is 24.0 Å². The Morgan fingerprint density at radius 3 is 2.14 bits per heavy atom. The molecule has 0 heterocycles. The first-order chi connectivity index (χ1) is 3.13. The van der Waals surface area contributed by atoms with E-state index in [4.69, 9.17) is 4.18 Å². The molecule has 0 unspecified atom stereocenters. The van der Waals surface area contributed by atoms with E-state index in [0.29, 0.717) is 0 Å². The van der Waals surface area contributed by atoms with Crippen molar-refractivity contribution in [2.75, 3.05) is 12.5 Å². The second-order valence-electron chi connectivity index (χ2n) is 1.22. The van der Waals surface area contributed by atoms with Gasteiger partial charge in [0.05, 0.1) is 0 Å². The summed E-state index contributed by atoms with van der Waals surface area (Å²) in [6.45, 7) is 3.58. The summed E-state index contributed by atoms with van der Waals surface area (Å²) in [6.07, 6.45) is 4.08. The average molecular weight is 300 g/mol. The van der Waals surface area contributed by atoms with Crippen molar-refractivity contribution in [2.45, 2.75) is 0 Å². The van der Waals surface area contributed by atoms with Crippen LogP contribution in [0.15, 0.2) is 10.7 Å². The van der Waals surface area contributed by atoms with Crippen LogP contribution in [-0.4, -0.2) is 12.5 Å². The van der Waals surface area contributed by atoms with Crippen LogP contribution in [0, 0.1) is 0 Å². The molecule has 0 spiro atoms. The van der Waals surface area contributed by atoms with Gasteiger partial charge < -0.3 is 0 Å². The van der Waals surface area contributed by atoms with E-state index in [9.17, 15) is 0 Å². The third kappa shape index (κ3) is 6.58. The molecule has 0 radical (unpaired) electrons. The molecule has 0 saturated heterocycles. The van der Waals surface area contributed by atoms with Crippen LogP contribution >= 0.6 is 11.2 Å². The van der Waals surface area contributed by atoms with Crippen LogP contribution in [0.25, 0.3) is 0 Å². The summed E-state index contributed by atoms with van der Waals surface area (Å²) >= 11 is 1.80. The average Bonchev–Trinajstić information content (AvgIpc) is 1.27. The van der Waals surface area contributed by atoms with Crippen molar-refractivity contribution in [1.29, 1.82) is 0 Å². The molecule has 0 aliphatic rings. The maximum atomic E-state index is 5.11. The first kappa shape index (κ1) is 7.58.